The van der Waals surface area contributed by atoms with Gasteiger partial charge in [-0.25, -0.2) is 4.79 Å². The zero-order valence-corrected chi connectivity index (χ0v) is 10.3. The summed E-state index contributed by atoms with van der Waals surface area (Å²) in [4.78, 5) is 12.6. The number of allylic oxidation sites excluding steroid dienone is 1. The molecule has 0 spiro atoms. The number of likely N-dealkylation sites (tertiary alicyclic amines) is 1. The molecule has 0 aromatic rings. The van der Waals surface area contributed by atoms with Gasteiger partial charge in [0.05, 0.1) is 5.92 Å². The Morgan fingerprint density at radius 1 is 1.47 bits per heavy atom. The number of rotatable bonds is 1. The van der Waals surface area contributed by atoms with E-state index in [9.17, 15) is 10.1 Å². The molecule has 4 atom stereocenters. The Bertz CT molecular complexity index is 385. The third-order valence-corrected chi connectivity index (χ3v) is 4.26. The van der Waals surface area contributed by atoms with Crippen LogP contribution in [0.2, 0.25) is 0 Å². The monoisotopic (exact) mass is 234 g/mol. The molecule has 1 amide bonds. The molecular formula is C13H20N3O+. The van der Waals surface area contributed by atoms with Gasteiger partial charge in [0, 0.05) is 18.9 Å². The van der Waals surface area contributed by atoms with Crippen LogP contribution in [0, 0.1) is 17.4 Å². The topological polar surface area (TPSA) is 66.9 Å². The van der Waals surface area contributed by atoms with Gasteiger partial charge in [0.1, 0.15) is 12.6 Å². The minimum Gasteiger partial charge on any atom is -0.327 e. The van der Waals surface area contributed by atoms with Gasteiger partial charge < -0.3 is 5.73 Å². The average molecular weight is 234 g/mol. The molecule has 1 unspecified atom stereocenters. The van der Waals surface area contributed by atoms with Gasteiger partial charge in [-0.1, -0.05) is 12.2 Å². The van der Waals surface area contributed by atoms with Gasteiger partial charge in [-0.2, -0.15) is 4.48 Å². The summed E-state index contributed by atoms with van der Waals surface area (Å²) >= 11 is 0. The van der Waals surface area contributed by atoms with Crippen molar-refractivity contribution >= 4 is 5.91 Å². The summed E-state index contributed by atoms with van der Waals surface area (Å²) in [5, 5.41) is 9.42. The van der Waals surface area contributed by atoms with Crippen molar-refractivity contribution < 1.29 is 9.28 Å². The molecule has 17 heavy (non-hydrogen) atoms. The van der Waals surface area contributed by atoms with Gasteiger partial charge in [-0.15, -0.1) is 5.26 Å². The molecule has 0 aromatic carbocycles. The van der Waals surface area contributed by atoms with Crippen LogP contribution in [0.25, 0.3) is 0 Å². The van der Waals surface area contributed by atoms with Crippen molar-refractivity contribution in [2.45, 2.75) is 44.7 Å². The fourth-order valence-electron chi connectivity index (χ4n) is 3.02. The average Bonchev–Trinajstić information content (AvgIpc) is 2.71. The standard InChI is InChI=1S/C13H20N3O/c1-10-5-4-8-16(10,9-14)13(17)11-6-2-3-7-12(11)15/h2-3,10-12H,4-8,15H2,1H3/q+1/t10-,11+,12-,16?/m1/s1. The SMILES string of the molecule is C[C@@H]1CCC[N+]1(C#N)C(=O)[C@H]1CC=CC[C@H]1N. The predicted octanol–water partition coefficient (Wildman–Crippen LogP) is 1.29. The summed E-state index contributed by atoms with van der Waals surface area (Å²) in [5.74, 6) is -0.144. The lowest BCUT2D eigenvalue weighted by molar-refractivity contribution is -0.801. The van der Waals surface area contributed by atoms with Crippen molar-refractivity contribution in [1.82, 2.24) is 0 Å². The normalized spacial score (nSPS) is 41.1. The Hall–Kier alpha value is -1.18. The third kappa shape index (κ3) is 1.90. The highest BCUT2D eigenvalue weighted by Crippen LogP contribution is 2.31. The van der Waals surface area contributed by atoms with E-state index in [1.165, 1.54) is 0 Å². The molecule has 0 saturated carbocycles. The first-order chi connectivity index (χ1) is 8.12. The lowest BCUT2D eigenvalue weighted by atomic mass is 9.87. The molecule has 0 aromatic heterocycles. The van der Waals surface area contributed by atoms with Crippen molar-refractivity contribution in [3.8, 4) is 6.19 Å². The molecule has 1 heterocycles. The number of hydrogen-bond donors (Lipinski definition) is 1. The maximum atomic E-state index is 12.6. The fourth-order valence-corrected chi connectivity index (χ4v) is 3.02. The lowest BCUT2D eigenvalue weighted by Gasteiger charge is -2.32. The number of nitrogens with zero attached hydrogens (tertiary/aromatic N) is 2. The van der Waals surface area contributed by atoms with Gasteiger partial charge in [0.25, 0.3) is 0 Å². The largest absolute Gasteiger partial charge is 0.333 e. The molecule has 92 valence electrons. The Kier molecular flexibility index (Phi) is 3.32. The van der Waals surface area contributed by atoms with Gasteiger partial charge in [-0.05, 0) is 19.8 Å². The fraction of sp³-hybridized carbons (Fsp3) is 0.692. The zero-order chi connectivity index (χ0) is 12.5. The third-order valence-electron chi connectivity index (χ3n) is 4.26. The van der Waals surface area contributed by atoms with Crippen LogP contribution >= 0.6 is 0 Å². The second-order valence-electron chi connectivity index (χ2n) is 5.24. The van der Waals surface area contributed by atoms with Crippen molar-refractivity contribution in [2.24, 2.45) is 11.7 Å². The number of carbonyl (C=O) groups is 1. The summed E-state index contributed by atoms with van der Waals surface area (Å²) in [7, 11) is 0. The van der Waals surface area contributed by atoms with Crippen molar-refractivity contribution in [3.05, 3.63) is 12.2 Å². The molecule has 4 nitrogen and oxygen atoms in total. The van der Waals surface area contributed by atoms with Gasteiger partial charge in [-0.3, -0.25) is 0 Å². The second-order valence-corrected chi connectivity index (χ2v) is 5.24. The van der Waals surface area contributed by atoms with Crippen molar-refractivity contribution in [2.75, 3.05) is 6.54 Å². The van der Waals surface area contributed by atoms with E-state index in [0.29, 0.717) is 13.0 Å². The van der Waals surface area contributed by atoms with E-state index >= 15 is 0 Å². The van der Waals surface area contributed by atoms with E-state index in [1.807, 2.05) is 19.1 Å². The maximum absolute atomic E-state index is 12.6. The molecule has 2 rings (SSSR count). The smallest absolute Gasteiger partial charge is 0.327 e. The van der Waals surface area contributed by atoms with Gasteiger partial charge >= 0.3 is 12.1 Å². The first kappa shape index (κ1) is 12.3. The summed E-state index contributed by atoms with van der Waals surface area (Å²) in [5.41, 5.74) is 6.02. The second kappa shape index (κ2) is 4.59. The molecule has 0 radical (unpaired) electrons. The zero-order valence-electron chi connectivity index (χ0n) is 10.3. The number of nitrogens with two attached hydrogens (primary N) is 1. The van der Waals surface area contributed by atoms with Crippen molar-refractivity contribution in [3.63, 3.8) is 0 Å². The number of quaternary nitrogens is 1. The number of hydrogen-bond acceptors (Lipinski definition) is 3. The first-order valence-electron chi connectivity index (χ1n) is 6.36. The minimum absolute atomic E-state index is 0.0216. The molecule has 1 fully saturated rings. The molecule has 2 N–H and O–H groups in total. The first-order valence-corrected chi connectivity index (χ1v) is 6.36. The molecule has 1 aliphatic heterocycles. The Morgan fingerprint density at radius 3 is 2.71 bits per heavy atom. The van der Waals surface area contributed by atoms with E-state index < -0.39 is 0 Å². The van der Waals surface area contributed by atoms with Gasteiger partial charge in [0.15, 0.2) is 0 Å². The van der Waals surface area contributed by atoms with Gasteiger partial charge in [0.2, 0.25) is 0 Å². The van der Waals surface area contributed by atoms with Crippen LogP contribution in [0.15, 0.2) is 12.2 Å². The maximum Gasteiger partial charge on any atom is 0.333 e. The number of carbonyl (C=O) groups excluding carboxylic acids is 1. The summed E-state index contributed by atoms with van der Waals surface area (Å²) in [6.07, 6.45) is 9.64. The molecule has 4 heteroatoms. The highest BCUT2D eigenvalue weighted by atomic mass is 16.2. The van der Waals surface area contributed by atoms with Crippen LogP contribution in [0.3, 0.4) is 0 Å². The van der Waals surface area contributed by atoms with Crippen LogP contribution < -0.4 is 5.73 Å². The predicted molar refractivity (Wildman–Crippen MR) is 64.3 cm³/mol. The molecule has 2 aliphatic rings. The molecule has 1 saturated heterocycles. The van der Waals surface area contributed by atoms with Crippen LogP contribution in [0.4, 0.5) is 0 Å². The lowest BCUT2D eigenvalue weighted by Crippen LogP contribution is -2.56. The minimum atomic E-state index is -0.180. The highest BCUT2D eigenvalue weighted by Gasteiger charge is 2.50. The number of amides is 1. The van der Waals surface area contributed by atoms with E-state index in [4.69, 9.17) is 5.73 Å². The Balaban J connectivity index is 2.24. The van der Waals surface area contributed by atoms with Crippen LogP contribution in [0.5, 0.6) is 0 Å². The van der Waals surface area contributed by atoms with Crippen LogP contribution in [-0.2, 0) is 4.79 Å². The van der Waals surface area contributed by atoms with Crippen molar-refractivity contribution in [1.29, 1.82) is 5.26 Å². The molecule has 1 aliphatic carbocycles. The highest BCUT2D eigenvalue weighted by molar-refractivity contribution is 5.74. The van der Waals surface area contributed by atoms with E-state index in [2.05, 4.69) is 6.19 Å². The van der Waals surface area contributed by atoms with Crippen LogP contribution in [0.1, 0.15) is 32.6 Å². The molecular weight excluding hydrogens is 214 g/mol. The summed E-state index contributed by atoms with van der Waals surface area (Å²) in [6.45, 7) is 2.65. The summed E-state index contributed by atoms with van der Waals surface area (Å²) in [6, 6.07) is -0.00532. The van der Waals surface area contributed by atoms with Crippen LogP contribution in [-0.4, -0.2) is 29.0 Å². The van der Waals surface area contributed by atoms with E-state index in [1.54, 1.807) is 0 Å². The Labute approximate surface area is 102 Å². The Morgan fingerprint density at radius 2 is 2.18 bits per heavy atom. The van der Waals surface area contributed by atoms with E-state index in [0.717, 1.165) is 19.3 Å². The summed E-state index contributed by atoms with van der Waals surface area (Å²) < 4.78 is -0.0216. The quantitative estimate of drug-likeness (QED) is 0.422. The number of nitriles is 1. The molecule has 0 bridgehead atoms. The van der Waals surface area contributed by atoms with E-state index in [-0.39, 0.29) is 28.4 Å².